The number of fused-ring (bicyclic) bond motifs is 1. The highest BCUT2D eigenvalue weighted by atomic mass is 19.1. The molecule has 0 bridgehead atoms. The van der Waals surface area contributed by atoms with Crippen molar-refractivity contribution in [2.75, 3.05) is 10.2 Å². The molecule has 0 atom stereocenters. The molecule has 0 spiro atoms. The van der Waals surface area contributed by atoms with Gasteiger partial charge in [0.1, 0.15) is 11.5 Å². The average molecular weight is 418 g/mol. The van der Waals surface area contributed by atoms with E-state index in [9.17, 15) is 14.0 Å². The first-order valence-electron chi connectivity index (χ1n) is 10.6. The molecule has 2 heterocycles. The molecule has 2 aliphatic rings. The Morgan fingerprint density at radius 2 is 1.68 bits per heavy atom. The number of hydrogen-bond acceptors (Lipinski definition) is 3. The van der Waals surface area contributed by atoms with E-state index in [1.54, 1.807) is 30.5 Å². The number of aromatic nitrogens is 2. The Kier molecular flexibility index (Phi) is 5.02. The lowest BCUT2D eigenvalue weighted by Gasteiger charge is -2.34. The van der Waals surface area contributed by atoms with E-state index < -0.39 is 0 Å². The fraction of sp³-hybridized carbons (Fsp3) is 0.292. The number of rotatable bonds is 4. The standard InChI is InChI=1S/C24H23FN4O2/c25-19-6-2-4-8-21(19)28-14-13-22(27-28)26-24(31)16-9-11-18(12-10-16)29-20-7-3-1-5-17(20)15-23(29)30/h1-8,13-14,16,18H,9-12,15H2,(H,26,27,31). The predicted octanol–water partition coefficient (Wildman–Crippen LogP) is 4.10. The molecule has 0 radical (unpaired) electrons. The van der Waals surface area contributed by atoms with Crippen LogP contribution in [0.3, 0.4) is 0 Å². The van der Waals surface area contributed by atoms with Crippen LogP contribution in [0.2, 0.25) is 0 Å². The molecule has 6 nitrogen and oxygen atoms in total. The van der Waals surface area contributed by atoms with Crippen molar-refractivity contribution >= 4 is 23.3 Å². The molecule has 0 unspecified atom stereocenters. The van der Waals surface area contributed by atoms with Crippen molar-refractivity contribution in [3.05, 3.63) is 72.2 Å². The molecule has 3 aromatic rings. The number of nitrogens with zero attached hydrogens (tertiary/aromatic N) is 3. The van der Waals surface area contributed by atoms with Crippen LogP contribution in [0.4, 0.5) is 15.9 Å². The van der Waals surface area contributed by atoms with E-state index in [2.05, 4.69) is 10.4 Å². The minimum Gasteiger partial charge on any atom is -0.309 e. The fourth-order valence-corrected chi connectivity index (χ4v) is 4.66. The molecule has 158 valence electrons. The van der Waals surface area contributed by atoms with Gasteiger partial charge in [0.2, 0.25) is 11.8 Å². The zero-order chi connectivity index (χ0) is 21.4. The smallest absolute Gasteiger partial charge is 0.231 e. The van der Waals surface area contributed by atoms with Crippen LogP contribution in [0.1, 0.15) is 31.2 Å². The van der Waals surface area contributed by atoms with E-state index in [4.69, 9.17) is 0 Å². The molecule has 2 aromatic carbocycles. The average Bonchev–Trinajstić information content (AvgIpc) is 3.37. The summed E-state index contributed by atoms with van der Waals surface area (Å²) in [6.45, 7) is 0. The van der Waals surface area contributed by atoms with Gasteiger partial charge in [-0.25, -0.2) is 9.07 Å². The first-order chi connectivity index (χ1) is 15.1. The van der Waals surface area contributed by atoms with Crippen LogP contribution < -0.4 is 10.2 Å². The van der Waals surface area contributed by atoms with Crippen molar-refractivity contribution in [1.82, 2.24) is 9.78 Å². The summed E-state index contributed by atoms with van der Waals surface area (Å²) in [6.07, 6.45) is 5.11. The minimum atomic E-state index is -0.375. The molecular formula is C24H23FN4O2. The molecule has 1 fully saturated rings. The summed E-state index contributed by atoms with van der Waals surface area (Å²) in [6, 6.07) is 16.1. The Bertz CT molecular complexity index is 1130. The summed E-state index contributed by atoms with van der Waals surface area (Å²) in [5.74, 6) is -0.0279. The van der Waals surface area contributed by atoms with Gasteiger partial charge in [0.05, 0.1) is 6.42 Å². The number of carbonyl (C=O) groups excluding carboxylic acids is 2. The zero-order valence-corrected chi connectivity index (χ0v) is 17.0. The lowest BCUT2D eigenvalue weighted by molar-refractivity contribution is -0.120. The van der Waals surface area contributed by atoms with E-state index in [0.717, 1.165) is 36.9 Å². The third kappa shape index (κ3) is 3.71. The number of amides is 2. The largest absolute Gasteiger partial charge is 0.309 e. The number of anilines is 2. The van der Waals surface area contributed by atoms with Crippen molar-refractivity contribution in [2.24, 2.45) is 5.92 Å². The first-order valence-corrected chi connectivity index (χ1v) is 10.6. The van der Waals surface area contributed by atoms with Crippen LogP contribution in [0.25, 0.3) is 5.69 Å². The van der Waals surface area contributed by atoms with Crippen LogP contribution in [0.15, 0.2) is 60.8 Å². The van der Waals surface area contributed by atoms with Gasteiger partial charge in [-0.15, -0.1) is 5.10 Å². The Balaban J connectivity index is 1.21. The third-order valence-corrected chi connectivity index (χ3v) is 6.23. The molecule has 1 saturated carbocycles. The van der Waals surface area contributed by atoms with E-state index in [1.165, 1.54) is 10.7 Å². The number of hydrogen-bond donors (Lipinski definition) is 1. The second-order valence-corrected chi connectivity index (χ2v) is 8.16. The van der Waals surface area contributed by atoms with Crippen molar-refractivity contribution in [2.45, 2.75) is 38.1 Å². The van der Waals surface area contributed by atoms with Gasteiger partial charge in [-0.3, -0.25) is 9.59 Å². The maximum absolute atomic E-state index is 13.9. The monoisotopic (exact) mass is 418 g/mol. The van der Waals surface area contributed by atoms with Gasteiger partial charge >= 0.3 is 0 Å². The Labute approximate surface area is 179 Å². The molecule has 5 rings (SSSR count). The second-order valence-electron chi connectivity index (χ2n) is 8.16. The first kappa shape index (κ1) is 19.5. The normalized spacial score (nSPS) is 20.5. The van der Waals surface area contributed by atoms with E-state index in [1.807, 2.05) is 29.2 Å². The lowest BCUT2D eigenvalue weighted by atomic mass is 9.84. The molecule has 31 heavy (non-hydrogen) atoms. The number of para-hydroxylation sites is 2. The summed E-state index contributed by atoms with van der Waals surface area (Å²) in [4.78, 5) is 27.2. The molecule has 1 aromatic heterocycles. The van der Waals surface area contributed by atoms with Gasteiger partial charge in [0, 0.05) is 29.9 Å². The molecule has 7 heteroatoms. The summed E-state index contributed by atoms with van der Waals surface area (Å²) in [7, 11) is 0. The van der Waals surface area contributed by atoms with Gasteiger partial charge < -0.3 is 10.2 Å². The highest BCUT2D eigenvalue weighted by Gasteiger charge is 2.36. The molecule has 1 aliphatic carbocycles. The molecule has 1 aliphatic heterocycles. The minimum absolute atomic E-state index is 0.0783. The maximum atomic E-state index is 13.9. The molecule has 0 saturated heterocycles. The number of carbonyl (C=O) groups is 2. The van der Waals surface area contributed by atoms with Crippen LogP contribution in [-0.2, 0) is 16.0 Å². The topological polar surface area (TPSA) is 67.2 Å². The third-order valence-electron chi connectivity index (χ3n) is 6.23. The Hall–Kier alpha value is -3.48. The Morgan fingerprint density at radius 1 is 0.968 bits per heavy atom. The number of benzene rings is 2. The summed E-state index contributed by atoms with van der Waals surface area (Å²) in [5, 5.41) is 7.14. The summed E-state index contributed by atoms with van der Waals surface area (Å²) >= 11 is 0. The molecular weight excluding hydrogens is 395 g/mol. The number of nitrogens with one attached hydrogen (secondary N) is 1. The van der Waals surface area contributed by atoms with Crippen molar-refractivity contribution in [3.63, 3.8) is 0 Å². The van der Waals surface area contributed by atoms with Gasteiger partial charge in [-0.2, -0.15) is 0 Å². The maximum Gasteiger partial charge on any atom is 0.231 e. The highest BCUT2D eigenvalue weighted by Crippen LogP contribution is 2.36. The lowest BCUT2D eigenvalue weighted by Crippen LogP contribution is -2.41. The van der Waals surface area contributed by atoms with E-state index in [-0.39, 0.29) is 29.6 Å². The van der Waals surface area contributed by atoms with Crippen LogP contribution in [-0.4, -0.2) is 27.6 Å². The van der Waals surface area contributed by atoms with Gasteiger partial charge in [-0.1, -0.05) is 30.3 Å². The SMILES string of the molecule is O=C(Nc1ccn(-c2ccccc2F)n1)C1CCC(N2C(=O)Cc3ccccc32)CC1. The van der Waals surface area contributed by atoms with Crippen LogP contribution in [0.5, 0.6) is 0 Å². The van der Waals surface area contributed by atoms with Gasteiger partial charge in [0.15, 0.2) is 5.82 Å². The van der Waals surface area contributed by atoms with Crippen molar-refractivity contribution < 1.29 is 14.0 Å². The van der Waals surface area contributed by atoms with Crippen molar-refractivity contribution in [3.8, 4) is 5.69 Å². The summed E-state index contributed by atoms with van der Waals surface area (Å²) < 4.78 is 15.4. The van der Waals surface area contributed by atoms with Gasteiger partial charge in [-0.05, 0) is 49.4 Å². The predicted molar refractivity (Wildman–Crippen MR) is 116 cm³/mol. The zero-order valence-electron chi connectivity index (χ0n) is 17.0. The van der Waals surface area contributed by atoms with Crippen LogP contribution in [0, 0.1) is 11.7 Å². The fourth-order valence-electron chi connectivity index (χ4n) is 4.66. The van der Waals surface area contributed by atoms with E-state index >= 15 is 0 Å². The van der Waals surface area contributed by atoms with Crippen molar-refractivity contribution in [1.29, 1.82) is 0 Å². The van der Waals surface area contributed by atoms with Crippen LogP contribution >= 0.6 is 0 Å². The van der Waals surface area contributed by atoms with Gasteiger partial charge in [0.25, 0.3) is 0 Å². The highest BCUT2D eigenvalue weighted by molar-refractivity contribution is 6.02. The Morgan fingerprint density at radius 3 is 2.45 bits per heavy atom. The molecule has 1 N–H and O–H groups in total. The second kappa shape index (κ2) is 7.98. The number of halogens is 1. The summed E-state index contributed by atoms with van der Waals surface area (Å²) in [5.41, 5.74) is 2.43. The quantitative estimate of drug-likeness (QED) is 0.694. The van der Waals surface area contributed by atoms with E-state index in [0.29, 0.717) is 17.9 Å². The molecule has 2 amide bonds.